The molecule has 0 saturated carbocycles. The van der Waals surface area contributed by atoms with Gasteiger partial charge in [0.05, 0.1) is 0 Å². The first-order chi connectivity index (χ1) is 9.63. The largest absolute Gasteiger partial charge is 0.381 e. The molecule has 0 bridgehead atoms. The van der Waals surface area contributed by atoms with Crippen LogP contribution in [0.5, 0.6) is 0 Å². The fourth-order valence-electron chi connectivity index (χ4n) is 3.14. The second kappa shape index (κ2) is 7.21. The average molecular weight is 276 g/mol. The van der Waals surface area contributed by atoms with Crippen LogP contribution in [-0.4, -0.2) is 38.3 Å². The molecule has 0 aromatic heterocycles. The number of ether oxygens (including phenoxy) is 1. The predicted octanol–water partition coefficient (Wildman–Crippen LogP) is 2.66. The predicted molar refractivity (Wildman–Crippen MR) is 83.9 cm³/mol. The summed E-state index contributed by atoms with van der Waals surface area (Å²) in [4.78, 5) is 2.43. The third-order valence-corrected chi connectivity index (χ3v) is 4.65. The minimum Gasteiger partial charge on any atom is -0.381 e. The number of rotatable bonds is 5. The molecule has 1 aromatic carbocycles. The van der Waals surface area contributed by atoms with Gasteiger partial charge in [-0.1, -0.05) is 18.2 Å². The zero-order valence-electron chi connectivity index (χ0n) is 13.1. The smallest absolute Gasteiger partial charge is 0.0470 e. The molecule has 1 aromatic rings. The molecule has 1 fully saturated rings. The zero-order chi connectivity index (χ0) is 14.5. The fourth-order valence-corrected chi connectivity index (χ4v) is 3.14. The number of benzene rings is 1. The third kappa shape index (κ3) is 3.60. The number of aryl methyl sites for hydroxylation is 1. The van der Waals surface area contributed by atoms with Gasteiger partial charge in [0.15, 0.2) is 0 Å². The van der Waals surface area contributed by atoms with E-state index in [4.69, 9.17) is 10.5 Å². The summed E-state index contributed by atoms with van der Waals surface area (Å²) in [6.45, 7) is 7.98. The van der Waals surface area contributed by atoms with Crippen molar-refractivity contribution < 1.29 is 4.74 Å². The first-order valence-electron chi connectivity index (χ1n) is 7.67. The quantitative estimate of drug-likeness (QED) is 0.898. The van der Waals surface area contributed by atoms with Crippen LogP contribution in [0.1, 0.15) is 35.6 Å². The summed E-state index contributed by atoms with van der Waals surface area (Å²) in [6.07, 6.45) is 2.35. The van der Waals surface area contributed by atoms with Crippen LogP contribution in [0.3, 0.4) is 0 Å². The lowest BCUT2D eigenvalue weighted by molar-refractivity contribution is 0.0507. The van der Waals surface area contributed by atoms with Gasteiger partial charge in [-0.2, -0.15) is 0 Å². The lowest BCUT2D eigenvalue weighted by Gasteiger charge is -2.33. The van der Waals surface area contributed by atoms with Crippen molar-refractivity contribution >= 4 is 0 Å². The van der Waals surface area contributed by atoms with Crippen LogP contribution in [0, 0.1) is 19.8 Å². The summed E-state index contributed by atoms with van der Waals surface area (Å²) in [5, 5.41) is 0. The van der Waals surface area contributed by atoms with Crippen molar-refractivity contribution in [3.05, 3.63) is 34.9 Å². The van der Waals surface area contributed by atoms with E-state index in [2.05, 4.69) is 44.0 Å². The van der Waals surface area contributed by atoms with Crippen molar-refractivity contribution in [1.29, 1.82) is 0 Å². The van der Waals surface area contributed by atoms with Gasteiger partial charge in [0.2, 0.25) is 0 Å². The van der Waals surface area contributed by atoms with E-state index < -0.39 is 0 Å². The Labute approximate surface area is 123 Å². The maximum atomic E-state index is 6.06. The SMILES string of the molecule is Cc1cccc(C(CN)N(C)CC2CCOCC2)c1C. The maximum Gasteiger partial charge on any atom is 0.0470 e. The molecule has 1 atom stereocenters. The highest BCUT2D eigenvalue weighted by molar-refractivity contribution is 5.35. The van der Waals surface area contributed by atoms with E-state index in [1.54, 1.807) is 0 Å². The number of nitrogens with two attached hydrogens (primary N) is 1. The molecule has 1 unspecified atom stereocenters. The van der Waals surface area contributed by atoms with Gasteiger partial charge in [0, 0.05) is 32.3 Å². The Kier molecular flexibility index (Phi) is 5.58. The van der Waals surface area contributed by atoms with Gasteiger partial charge in [-0.15, -0.1) is 0 Å². The van der Waals surface area contributed by atoms with E-state index in [0.29, 0.717) is 12.6 Å². The Morgan fingerprint density at radius 1 is 1.30 bits per heavy atom. The van der Waals surface area contributed by atoms with Crippen LogP contribution in [0.25, 0.3) is 0 Å². The Morgan fingerprint density at radius 2 is 2.00 bits per heavy atom. The molecular weight excluding hydrogens is 248 g/mol. The van der Waals surface area contributed by atoms with Crippen molar-refractivity contribution in [1.82, 2.24) is 4.90 Å². The zero-order valence-corrected chi connectivity index (χ0v) is 13.1. The van der Waals surface area contributed by atoms with Gasteiger partial charge in [0.1, 0.15) is 0 Å². The first-order valence-corrected chi connectivity index (χ1v) is 7.67. The molecule has 0 amide bonds. The average Bonchev–Trinajstić information content (AvgIpc) is 2.45. The summed E-state index contributed by atoms with van der Waals surface area (Å²) < 4.78 is 5.44. The second-order valence-corrected chi connectivity index (χ2v) is 6.04. The molecule has 2 rings (SSSR count). The minimum atomic E-state index is 0.317. The van der Waals surface area contributed by atoms with Crippen LogP contribution in [0.4, 0.5) is 0 Å². The Hall–Kier alpha value is -0.900. The third-order valence-electron chi connectivity index (χ3n) is 4.65. The van der Waals surface area contributed by atoms with Crippen LogP contribution >= 0.6 is 0 Å². The van der Waals surface area contributed by atoms with Gasteiger partial charge >= 0.3 is 0 Å². The Balaban J connectivity index is 2.08. The van der Waals surface area contributed by atoms with Gasteiger partial charge in [-0.3, -0.25) is 4.90 Å². The van der Waals surface area contributed by atoms with Crippen molar-refractivity contribution in [2.24, 2.45) is 11.7 Å². The van der Waals surface area contributed by atoms with E-state index in [0.717, 1.165) is 25.7 Å². The van der Waals surface area contributed by atoms with Crippen LogP contribution in [0.2, 0.25) is 0 Å². The van der Waals surface area contributed by atoms with Crippen molar-refractivity contribution in [3.8, 4) is 0 Å². The molecule has 1 heterocycles. The van der Waals surface area contributed by atoms with Gasteiger partial charge in [0.25, 0.3) is 0 Å². The number of hydrogen-bond donors (Lipinski definition) is 1. The van der Waals surface area contributed by atoms with Crippen molar-refractivity contribution in [2.75, 3.05) is 33.4 Å². The first kappa shape index (κ1) is 15.5. The normalized spacial score (nSPS) is 18.4. The summed E-state index contributed by atoms with van der Waals surface area (Å²) in [7, 11) is 2.20. The summed E-state index contributed by atoms with van der Waals surface area (Å²) >= 11 is 0. The van der Waals surface area contributed by atoms with Crippen molar-refractivity contribution in [3.63, 3.8) is 0 Å². The highest BCUT2D eigenvalue weighted by Crippen LogP contribution is 2.26. The number of nitrogens with zero attached hydrogens (tertiary/aromatic N) is 1. The van der Waals surface area contributed by atoms with Crippen molar-refractivity contribution in [2.45, 2.75) is 32.7 Å². The van der Waals surface area contributed by atoms with E-state index in [1.807, 2.05) is 0 Å². The minimum absolute atomic E-state index is 0.317. The molecule has 1 saturated heterocycles. The molecule has 112 valence electrons. The standard InChI is InChI=1S/C17H28N2O/c1-13-5-4-6-16(14(13)2)17(11-18)19(3)12-15-7-9-20-10-8-15/h4-6,15,17H,7-12,18H2,1-3H3. The van der Waals surface area contributed by atoms with E-state index >= 15 is 0 Å². The molecule has 1 aliphatic heterocycles. The van der Waals surface area contributed by atoms with Gasteiger partial charge in [-0.05, 0) is 56.3 Å². The monoisotopic (exact) mass is 276 g/mol. The van der Waals surface area contributed by atoms with Gasteiger partial charge < -0.3 is 10.5 Å². The number of likely N-dealkylation sites (N-methyl/N-ethyl adjacent to an activating group) is 1. The second-order valence-electron chi connectivity index (χ2n) is 6.04. The summed E-state index contributed by atoms with van der Waals surface area (Å²) in [5.41, 5.74) is 10.2. The van der Waals surface area contributed by atoms with E-state index in [9.17, 15) is 0 Å². The Bertz CT molecular complexity index is 427. The fraction of sp³-hybridized carbons (Fsp3) is 0.647. The molecule has 1 aliphatic rings. The molecule has 3 heteroatoms. The highest BCUT2D eigenvalue weighted by Gasteiger charge is 2.22. The summed E-state index contributed by atoms with van der Waals surface area (Å²) in [5.74, 6) is 0.743. The van der Waals surface area contributed by atoms with Gasteiger partial charge in [-0.25, -0.2) is 0 Å². The van der Waals surface area contributed by atoms with Crippen LogP contribution in [0.15, 0.2) is 18.2 Å². The molecule has 2 N–H and O–H groups in total. The summed E-state index contributed by atoms with van der Waals surface area (Å²) in [6, 6.07) is 6.85. The number of hydrogen-bond acceptors (Lipinski definition) is 3. The molecular formula is C17H28N2O. The molecule has 0 spiro atoms. The molecule has 20 heavy (non-hydrogen) atoms. The Morgan fingerprint density at radius 3 is 2.65 bits per heavy atom. The molecule has 0 radical (unpaired) electrons. The molecule has 0 aliphatic carbocycles. The topological polar surface area (TPSA) is 38.5 Å². The van der Waals surface area contributed by atoms with E-state index in [-0.39, 0.29) is 0 Å². The highest BCUT2D eigenvalue weighted by atomic mass is 16.5. The lowest BCUT2D eigenvalue weighted by Crippen LogP contribution is -2.36. The van der Waals surface area contributed by atoms with Crippen LogP contribution in [-0.2, 0) is 4.74 Å². The van der Waals surface area contributed by atoms with Crippen LogP contribution < -0.4 is 5.73 Å². The lowest BCUT2D eigenvalue weighted by atomic mass is 9.94. The van der Waals surface area contributed by atoms with E-state index in [1.165, 1.54) is 29.5 Å². The molecule has 3 nitrogen and oxygen atoms in total. The maximum absolute atomic E-state index is 6.06.